The SMILES string of the molecule is c1cc(-c2nc(-c3ccncc3)nc(-c3ccncc3)n2)cc(-n2c3ccccc3c3cc(-c4ccc5[nH]c6ccccc6c5c4)ccc32)c1.c1cc(-c2nc(-c3ccncc3)nc(-c3ccncc3)n2)cc(-n2c3ccccc3c3cc(-c4ccc5c(c4)c4ccccc4n5-c4cccc(-c5nc(-c6ccncc6)nc(-c6ccncc6)n5)c4)ccc32)c1. The summed E-state index contributed by atoms with van der Waals surface area (Å²) in [7, 11) is 0. The monoisotopic (exact) mass is 1590 g/mol. The van der Waals surface area contributed by atoms with E-state index in [-0.39, 0.29) is 0 Å². The predicted molar refractivity (Wildman–Crippen MR) is 492 cm³/mol. The van der Waals surface area contributed by atoms with Crippen molar-refractivity contribution in [3.63, 3.8) is 0 Å². The predicted octanol–water partition coefficient (Wildman–Crippen LogP) is 23.6. The van der Waals surface area contributed by atoms with E-state index in [0.29, 0.717) is 52.4 Å². The zero-order valence-electron chi connectivity index (χ0n) is 66.0. The Bertz CT molecular complexity index is 7790. The summed E-state index contributed by atoms with van der Waals surface area (Å²) in [4.78, 5) is 73.3. The third kappa shape index (κ3) is 13.1. The van der Waals surface area contributed by atoms with E-state index in [4.69, 9.17) is 44.9 Å². The maximum absolute atomic E-state index is 5.01. The first-order chi connectivity index (χ1) is 61.4. The normalized spacial score (nSPS) is 11.5. The first kappa shape index (κ1) is 71.8. The van der Waals surface area contributed by atoms with Crippen LogP contribution < -0.4 is 0 Å². The molecular weight excluding hydrogens is 1530 g/mol. The minimum absolute atomic E-state index is 0.569. The van der Waals surface area contributed by atoms with Gasteiger partial charge in [0.05, 0.1) is 33.1 Å². The van der Waals surface area contributed by atoms with E-state index in [9.17, 15) is 0 Å². The molecule has 0 aliphatic carbocycles. The number of H-pyrrole nitrogens is 1. The number of pyridine rings is 6. The Balaban J connectivity index is 0.000000154. The molecule has 11 aromatic carbocycles. The van der Waals surface area contributed by atoms with Gasteiger partial charge in [-0.3, -0.25) is 29.9 Å². The largest absolute Gasteiger partial charge is 0.355 e. The molecule has 0 bridgehead atoms. The highest BCUT2D eigenvalue weighted by molar-refractivity contribution is 6.15. The van der Waals surface area contributed by atoms with Crippen molar-refractivity contribution in [2.24, 2.45) is 0 Å². The second kappa shape index (κ2) is 30.5. The van der Waals surface area contributed by atoms with Crippen LogP contribution in [0.4, 0.5) is 0 Å². The maximum atomic E-state index is 5.01. The molecule has 0 aliphatic rings. The topological polar surface area (TPSA) is 224 Å². The molecule has 0 radical (unpaired) electrons. The van der Waals surface area contributed by atoms with E-state index >= 15 is 0 Å². The molecule has 19 heteroatoms. The van der Waals surface area contributed by atoms with Crippen LogP contribution in [0.25, 0.3) is 229 Å². The number of aromatic nitrogens is 19. The molecule has 0 amide bonds. The zero-order valence-corrected chi connectivity index (χ0v) is 66.0. The summed E-state index contributed by atoms with van der Waals surface area (Å²) in [5.41, 5.74) is 24.4. The van der Waals surface area contributed by atoms with Gasteiger partial charge >= 0.3 is 0 Å². The Hall–Kier alpha value is -17.5. The van der Waals surface area contributed by atoms with Crippen molar-refractivity contribution in [3.05, 3.63) is 390 Å². The third-order valence-corrected chi connectivity index (χ3v) is 22.8. The van der Waals surface area contributed by atoms with Gasteiger partial charge in [0, 0.05) is 196 Å². The van der Waals surface area contributed by atoms with Crippen LogP contribution in [0, 0.1) is 0 Å². The molecular formula is C105H65N19. The van der Waals surface area contributed by atoms with Crippen LogP contribution in [-0.2, 0) is 0 Å². The number of nitrogens with one attached hydrogen (secondary N) is 1. The highest BCUT2D eigenvalue weighted by atomic mass is 15.1. The Morgan fingerprint density at radius 1 is 0.153 bits per heavy atom. The molecule has 580 valence electrons. The molecule has 13 aromatic heterocycles. The van der Waals surface area contributed by atoms with Gasteiger partial charge in [-0.25, -0.2) is 44.9 Å². The van der Waals surface area contributed by atoms with Gasteiger partial charge in [0.15, 0.2) is 52.4 Å². The highest BCUT2D eigenvalue weighted by Crippen LogP contribution is 2.43. The summed E-state index contributed by atoms with van der Waals surface area (Å²) in [5.74, 6) is 5.19. The van der Waals surface area contributed by atoms with Crippen molar-refractivity contribution in [2.45, 2.75) is 0 Å². The minimum atomic E-state index is 0.569. The fraction of sp³-hybridized carbons (Fsp3) is 0. The molecule has 0 atom stereocenters. The molecule has 19 nitrogen and oxygen atoms in total. The fourth-order valence-corrected chi connectivity index (χ4v) is 17.0. The standard InChI is InChI=1S/C62H38N12.C43H27N7/c1-3-13-53-49(11-1)51-37-43(15-17-55(51)73(53)47-9-5-7-45(35-47)61-69-57(39-19-27-63-28-20-39)67-58(70-61)40-21-29-64-30-22-40)44-16-18-56-52(38-44)50-12-2-4-14-54(50)74(56)48-10-6-8-46(36-48)62-71-59(41-23-31-65-32-24-41)68-60(72-62)42-25-33-66-34-26-42;1-3-10-37-33(8-1)35-25-29(12-14-38(35)46-37)30-13-15-40-36(26-30)34-9-2-4-11-39(34)50(40)32-7-5-6-31(24-32)43-48-41(27-16-20-44-21-17-27)47-42(49-43)28-18-22-45-23-19-28/h1-38H;1-26,46H. The van der Waals surface area contributed by atoms with E-state index < -0.39 is 0 Å². The quantitative estimate of drug-likeness (QED) is 0.107. The van der Waals surface area contributed by atoms with Crippen LogP contribution in [0.15, 0.2) is 390 Å². The average molecular weight is 1590 g/mol. The van der Waals surface area contributed by atoms with Crippen molar-refractivity contribution in [1.29, 1.82) is 0 Å². The summed E-state index contributed by atoms with van der Waals surface area (Å²) in [6.45, 7) is 0. The van der Waals surface area contributed by atoms with Crippen LogP contribution in [0.1, 0.15) is 0 Å². The second-order valence-electron chi connectivity index (χ2n) is 30.2. The smallest absolute Gasteiger partial charge is 0.164 e. The Morgan fingerprint density at radius 2 is 0.387 bits per heavy atom. The van der Waals surface area contributed by atoms with Gasteiger partial charge in [-0.15, -0.1) is 0 Å². The lowest BCUT2D eigenvalue weighted by molar-refractivity contribution is 1.07. The van der Waals surface area contributed by atoms with Crippen molar-refractivity contribution >= 4 is 87.2 Å². The number of hydrogen-bond donors (Lipinski definition) is 1. The van der Waals surface area contributed by atoms with E-state index in [2.05, 4.69) is 291 Å². The maximum Gasteiger partial charge on any atom is 0.164 e. The molecule has 0 unspecified atom stereocenters. The summed E-state index contributed by atoms with van der Waals surface area (Å²) in [6, 6.07) is 110. The Labute approximate surface area is 708 Å². The lowest BCUT2D eigenvalue weighted by Gasteiger charge is -2.12. The molecule has 0 saturated carbocycles. The number of aromatic amines is 1. The molecule has 0 fully saturated rings. The van der Waals surface area contributed by atoms with Crippen LogP contribution >= 0.6 is 0 Å². The van der Waals surface area contributed by atoms with E-state index in [1.807, 2.05) is 72.8 Å². The lowest BCUT2D eigenvalue weighted by Crippen LogP contribution is -2.01. The molecule has 0 aliphatic heterocycles. The van der Waals surface area contributed by atoms with E-state index in [1.165, 1.54) is 32.7 Å². The first-order valence-electron chi connectivity index (χ1n) is 40.6. The lowest BCUT2D eigenvalue weighted by atomic mass is 10.0. The van der Waals surface area contributed by atoms with Crippen LogP contribution in [0.3, 0.4) is 0 Å². The molecule has 124 heavy (non-hydrogen) atoms. The van der Waals surface area contributed by atoms with Gasteiger partial charge in [0.1, 0.15) is 0 Å². The number of para-hydroxylation sites is 4. The molecule has 0 spiro atoms. The molecule has 24 aromatic rings. The Morgan fingerprint density at radius 3 is 0.685 bits per heavy atom. The molecule has 1 N–H and O–H groups in total. The van der Waals surface area contributed by atoms with Gasteiger partial charge < -0.3 is 18.7 Å². The van der Waals surface area contributed by atoms with Crippen molar-refractivity contribution in [3.8, 4) is 142 Å². The number of fused-ring (bicyclic) bond motifs is 12. The van der Waals surface area contributed by atoms with Gasteiger partial charge in [-0.1, -0.05) is 133 Å². The number of nitrogens with zero attached hydrogens (tertiary/aromatic N) is 18. The van der Waals surface area contributed by atoms with E-state index in [0.717, 1.165) is 144 Å². The van der Waals surface area contributed by atoms with Crippen LogP contribution in [-0.4, -0.2) is 93.4 Å². The van der Waals surface area contributed by atoms with Crippen molar-refractivity contribution < 1.29 is 0 Å². The van der Waals surface area contributed by atoms with Gasteiger partial charge in [0.2, 0.25) is 0 Å². The fourth-order valence-electron chi connectivity index (χ4n) is 17.0. The number of hydrogen-bond acceptors (Lipinski definition) is 15. The van der Waals surface area contributed by atoms with Crippen LogP contribution in [0.5, 0.6) is 0 Å². The molecule has 0 saturated heterocycles. The molecule has 13 heterocycles. The minimum Gasteiger partial charge on any atom is -0.355 e. The van der Waals surface area contributed by atoms with Crippen LogP contribution in [0.2, 0.25) is 0 Å². The zero-order chi connectivity index (χ0) is 82.0. The van der Waals surface area contributed by atoms with Gasteiger partial charge in [-0.05, 0) is 204 Å². The van der Waals surface area contributed by atoms with Gasteiger partial charge in [0.25, 0.3) is 0 Å². The Kier molecular flexibility index (Phi) is 17.7. The summed E-state index contributed by atoms with van der Waals surface area (Å²) in [5, 5.41) is 9.49. The summed E-state index contributed by atoms with van der Waals surface area (Å²) in [6.07, 6.45) is 21.0. The average Bonchev–Trinajstić information content (AvgIpc) is 1.59. The number of rotatable bonds is 14. The molecule has 24 rings (SSSR count). The van der Waals surface area contributed by atoms with Crippen molar-refractivity contribution in [1.82, 2.24) is 93.4 Å². The highest BCUT2D eigenvalue weighted by Gasteiger charge is 2.23. The first-order valence-corrected chi connectivity index (χ1v) is 40.6. The van der Waals surface area contributed by atoms with E-state index in [1.54, 1.807) is 74.4 Å². The van der Waals surface area contributed by atoms with Gasteiger partial charge in [-0.2, -0.15) is 0 Å². The summed E-state index contributed by atoms with van der Waals surface area (Å²) < 4.78 is 6.98. The summed E-state index contributed by atoms with van der Waals surface area (Å²) >= 11 is 0. The third-order valence-electron chi connectivity index (χ3n) is 22.8. The second-order valence-corrected chi connectivity index (χ2v) is 30.2. The number of benzene rings is 11. The van der Waals surface area contributed by atoms with Crippen molar-refractivity contribution in [2.75, 3.05) is 0 Å².